The Kier molecular flexibility index (Phi) is 6.21. The van der Waals surface area contributed by atoms with Crippen LogP contribution in [-0.2, 0) is 16.6 Å². The van der Waals surface area contributed by atoms with Gasteiger partial charge in [0.15, 0.2) is 0 Å². The van der Waals surface area contributed by atoms with E-state index in [0.717, 1.165) is 22.5 Å². The van der Waals surface area contributed by atoms with Crippen molar-refractivity contribution in [3.05, 3.63) is 51.8 Å². The van der Waals surface area contributed by atoms with E-state index in [1.54, 1.807) is 24.9 Å². The summed E-state index contributed by atoms with van der Waals surface area (Å²) >= 11 is 6.14. The number of halogens is 1. The Morgan fingerprint density at radius 2 is 1.88 bits per heavy atom. The van der Waals surface area contributed by atoms with Gasteiger partial charge in [0.1, 0.15) is 5.15 Å². The van der Waals surface area contributed by atoms with Crippen LogP contribution in [0.2, 0.25) is 5.15 Å². The number of amides is 2. The van der Waals surface area contributed by atoms with Crippen molar-refractivity contribution in [2.24, 2.45) is 7.05 Å². The second-order valence-electron chi connectivity index (χ2n) is 6.26. The standard InChI is InChI=1S/C19H23ClN4O2/c1-12-7-6-8-13(2)18(12)21-16(25)11-23(4)17(26)10-9-15-14(3)22-24(5)19(15)20/h6-10H,11H2,1-5H3,(H,21,25)/b10-9+. The fraction of sp³-hybridized carbons (Fsp3) is 0.316. The van der Waals surface area contributed by atoms with Gasteiger partial charge in [-0.1, -0.05) is 29.8 Å². The third kappa shape index (κ3) is 4.52. The zero-order valence-corrected chi connectivity index (χ0v) is 16.4. The van der Waals surface area contributed by atoms with Gasteiger partial charge in [-0.05, 0) is 38.0 Å². The van der Waals surface area contributed by atoms with Gasteiger partial charge in [0.25, 0.3) is 0 Å². The number of nitrogens with zero attached hydrogens (tertiary/aromatic N) is 3. The molecule has 1 heterocycles. The lowest BCUT2D eigenvalue weighted by Gasteiger charge is -2.16. The summed E-state index contributed by atoms with van der Waals surface area (Å²) in [5, 5.41) is 7.52. The zero-order valence-electron chi connectivity index (χ0n) is 15.6. The van der Waals surface area contributed by atoms with Crippen molar-refractivity contribution in [1.82, 2.24) is 14.7 Å². The minimum atomic E-state index is -0.291. The maximum Gasteiger partial charge on any atom is 0.246 e. The first-order valence-corrected chi connectivity index (χ1v) is 8.56. The van der Waals surface area contributed by atoms with Gasteiger partial charge in [0.2, 0.25) is 11.8 Å². The molecule has 0 saturated carbocycles. The van der Waals surface area contributed by atoms with Crippen LogP contribution in [0, 0.1) is 20.8 Å². The summed E-state index contributed by atoms with van der Waals surface area (Å²) in [5.74, 6) is -0.539. The molecule has 0 spiro atoms. The number of likely N-dealkylation sites (N-methyl/N-ethyl adjacent to an activating group) is 1. The number of carbonyl (C=O) groups is 2. The molecule has 138 valence electrons. The molecule has 6 nitrogen and oxygen atoms in total. The summed E-state index contributed by atoms with van der Waals surface area (Å²) in [6, 6.07) is 5.80. The molecule has 0 aliphatic heterocycles. The molecule has 2 aromatic rings. The van der Waals surface area contributed by atoms with E-state index in [0.29, 0.717) is 10.7 Å². The number of nitrogens with one attached hydrogen (secondary N) is 1. The number of benzene rings is 1. The largest absolute Gasteiger partial charge is 0.333 e. The number of rotatable bonds is 5. The Balaban J connectivity index is 2.00. The number of carbonyl (C=O) groups excluding carboxylic acids is 2. The van der Waals surface area contributed by atoms with E-state index < -0.39 is 0 Å². The van der Waals surface area contributed by atoms with Crippen LogP contribution in [0.5, 0.6) is 0 Å². The molecule has 0 unspecified atom stereocenters. The molecule has 0 radical (unpaired) electrons. The molecule has 1 aromatic heterocycles. The molecule has 0 fully saturated rings. The van der Waals surface area contributed by atoms with Gasteiger partial charge >= 0.3 is 0 Å². The predicted octanol–water partition coefficient (Wildman–Crippen LogP) is 3.11. The Labute approximate surface area is 158 Å². The zero-order chi connectivity index (χ0) is 19.4. The third-order valence-electron chi connectivity index (χ3n) is 4.09. The maximum atomic E-state index is 12.3. The van der Waals surface area contributed by atoms with Gasteiger partial charge in [-0.3, -0.25) is 14.3 Å². The molecule has 0 aliphatic carbocycles. The molecule has 0 saturated heterocycles. The average molecular weight is 375 g/mol. The Morgan fingerprint density at radius 1 is 1.27 bits per heavy atom. The Hall–Kier alpha value is -2.60. The number of para-hydroxylation sites is 1. The molecule has 1 N–H and O–H groups in total. The fourth-order valence-corrected chi connectivity index (χ4v) is 2.84. The van der Waals surface area contributed by atoms with Gasteiger partial charge in [-0.15, -0.1) is 0 Å². The van der Waals surface area contributed by atoms with Crippen LogP contribution < -0.4 is 5.32 Å². The SMILES string of the molecule is Cc1cccc(C)c1NC(=O)CN(C)C(=O)/C=C/c1c(C)nn(C)c1Cl. The van der Waals surface area contributed by atoms with E-state index in [9.17, 15) is 9.59 Å². The highest BCUT2D eigenvalue weighted by atomic mass is 35.5. The molecule has 0 atom stereocenters. The molecule has 7 heteroatoms. The Bertz CT molecular complexity index is 850. The van der Waals surface area contributed by atoms with E-state index in [1.165, 1.54) is 11.0 Å². The topological polar surface area (TPSA) is 67.2 Å². The number of aromatic nitrogens is 2. The first kappa shape index (κ1) is 19.7. The maximum absolute atomic E-state index is 12.3. The van der Waals surface area contributed by atoms with Gasteiger partial charge in [0.05, 0.1) is 12.2 Å². The van der Waals surface area contributed by atoms with Crippen LogP contribution in [0.25, 0.3) is 6.08 Å². The number of hydrogen-bond acceptors (Lipinski definition) is 3. The fourth-order valence-electron chi connectivity index (χ4n) is 2.60. The van der Waals surface area contributed by atoms with E-state index in [4.69, 9.17) is 11.6 Å². The average Bonchev–Trinajstić information content (AvgIpc) is 2.81. The van der Waals surface area contributed by atoms with Crippen LogP contribution >= 0.6 is 11.6 Å². The number of hydrogen-bond donors (Lipinski definition) is 1. The first-order valence-electron chi connectivity index (χ1n) is 8.19. The van der Waals surface area contributed by atoms with Crippen LogP contribution in [0.4, 0.5) is 5.69 Å². The normalized spacial score (nSPS) is 11.0. The second-order valence-corrected chi connectivity index (χ2v) is 6.61. The van der Waals surface area contributed by atoms with Crippen molar-refractivity contribution >= 4 is 35.2 Å². The third-order valence-corrected chi connectivity index (χ3v) is 4.54. The first-order chi connectivity index (χ1) is 12.2. The predicted molar refractivity (Wildman–Crippen MR) is 104 cm³/mol. The summed E-state index contributed by atoms with van der Waals surface area (Å²) in [4.78, 5) is 25.9. The molecular weight excluding hydrogens is 352 g/mol. The van der Waals surface area contributed by atoms with Crippen molar-refractivity contribution in [1.29, 1.82) is 0 Å². The second kappa shape index (κ2) is 8.19. The highest BCUT2D eigenvalue weighted by Crippen LogP contribution is 2.20. The summed E-state index contributed by atoms with van der Waals surface area (Å²) in [6.45, 7) is 5.63. The smallest absolute Gasteiger partial charge is 0.246 e. The van der Waals surface area contributed by atoms with E-state index in [2.05, 4.69) is 10.4 Å². The van der Waals surface area contributed by atoms with Crippen molar-refractivity contribution < 1.29 is 9.59 Å². The van der Waals surface area contributed by atoms with Crippen LogP contribution in [-0.4, -0.2) is 40.1 Å². The lowest BCUT2D eigenvalue weighted by atomic mass is 10.1. The summed E-state index contributed by atoms with van der Waals surface area (Å²) in [7, 11) is 3.31. The lowest BCUT2D eigenvalue weighted by molar-refractivity contribution is -0.129. The molecular formula is C19H23ClN4O2. The van der Waals surface area contributed by atoms with Crippen molar-refractivity contribution in [3.63, 3.8) is 0 Å². The molecule has 0 aliphatic rings. The highest BCUT2D eigenvalue weighted by Gasteiger charge is 2.14. The summed E-state index contributed by atoms with van der Waals surface area (Å²) < 4.78 is 1.54. The minimum Gasteiger partial charge on any atom is -0.333 e. The monoisotopic (exact) mass is 374 g/mol. The molecule has 26 heavy (non-hydrogen) atoms. The van der Waals surface area contributed by atoms with Crippen molar-refractivity contribution in [2.45, 2.75) is 20.8 Å². The summed E-state index contributed by atoms with van der Waals surface area (Å²) in [5.41, 5.74) is 4.17. The summed E-state index contributed by atoms with van der Waals surface area (Å²) in [6.07, 6.45) is 3.01. The van der Waals surface area contributed by atoms with Gasteiger partial charge < -0.3 is 10.2 Å². The van der Waals surface area contributed by atoms with Crippen LogP contribution in [0.3, 0.4) is 0 Å². The van der Waals surface area contributed by atoms with Crippen molar-refractivity contribution in [3.8, 4) is 0 Å². The highest BCUT2D eigenvalue weighted by molar-refractivity contribution is 6.31. The molecule has 2 rings (SSSR count). The van der Waals surface area contributed by atoms with Crippen LogP contribution in [0.15, 0.2) is 24.3 Å². The Morgan fingerprint density at radius 3 is 2.42 bits per heavy atom. The van der Waals surface area contributed by atoms with E-state index in [-0.39, 0.29) is 18.4 Å². The molecule has 0 bridgehead atoms. The number of aryl methyl sites for hydroxylation is 4. The van der Waals surface area contributed by atoms with E-state index >= 15 is 0 Å². The lowest BCUT2D eigenvalue weighted by Crippen LogP contribution is -2.34. The minimum absolute atomic E-state index is 0.0449. The quantitative estimate of drug-likeness (QED) is 0.817. The number of anilines is 1. The van der Waals surface area contributed by atoms with E-state index in [1.807, 2.05) is 39.0 Å². The van der Waals surface area contributed by atoms with Gasteiger partial charge in [-0.2, -0.15) is 5.10 Å². The van der Waals surface area contributed by atoms with Gasteiger partial charge in [0, 0.05) is 31.4 Å². The van der Waals surface area contributed by atoms with Crippen LogP contribution in [0.1, 0.15) is 22.4 Å². The van der Waals surface area contributed by atoms with Crippen molar-refractivity contribution in [2.75, 3.05) is 18.9 Å². The molecule has 2 amide bonds. The molecule has 1 aromatic carbocycles. The van der Waals surface area contributed by atoms with Gasteiger partial charge in [-0.25, -0.2) is 0 Å².